The van der Waals surface area contributed by atoms with E-state index in [9.17, 15) is 14.4 Å². The van der Waals surface area contributed by atoms with Crippen LogP contribution in [0.2, 0.25) is 0 Å². The van der Waals surface area contributed by atoms with Crippen molar-refractivity contribution in [2.75, 3.05) is 11.9 Å². The molecule has 7 nitrogen and oxygen atoms in total. The number of hydrogen-bond acceptors (Lipinski definition) is 6. The van der Waals surface area contributed by atoms with E-state index in [1.54, 1.807) is 32.2 Å². The number of nitrogens with zero attached hydrogens (tertiary/aromatic N) is 3. The van der Waals surface area contributed by atoms with E-state index in [-0.39, 0.29) is 23.8 Å². The Morgan fingerprint density at radius 3 is 2.60 bits per heavy atom. The summed E-state index contributed by atoms with van der Waals surface area (Å²) in [6.45, 7) is 7.62. The zero-order valence-corrected chi connectivity index (χ0v) is 21.0. The van der Waals surface area contributed by atoms with Crippen LogP contribution in [0.15, 0.2) is 47.5 Å². The number of aryl methyl sites for hydroxylation is 3. The molecular weight excluding hydrogens is 462 g/mol. The number of aromatic nitrogens is 2. The van der Waals surface area contributed by atoms with Gasteiger partial charge in [-0.25, -0.2) is 4.98 Å². The highest BCUT2D eigenvalue weighted by molar-refractivity contribution is 7.19. The smallest absolute Gasteiger partial charge is 0.267 e. The molecule has 35 heavy (non-hydrogen) atoms. The first kappa shape index (κ1) is 23.0. The molecule has 4 aromatic rings. The highest BCUT2D eigenvalue weighted by Crippen LogP contribution is 2.36. The summed E-state index contributed by atoms with van der Waals surface area (Å²) >= 11 is 1.48. The molecule has 0 fully saturated rings. The number of fused-ring (bicyclic) bond motifs is 2. The zero-order valence-electron chi connectivity index (χ0n) is 20.2. The van der Waals surface area contributed by atoms with Gasteiger partial charge in [0.05, 0.1) is 23.9 Å². The van der Waals surface area contributed by atoms with Gasteiger partial charge in [-0.05, 0) is 62.6 Å². The van der Waals surface area contributed by atoms with E-state index in [1.165, 1.54) is 32.7 Å². The number of Topliss-reactive ketones (excluding diaryl/α,β-unsaturated/α-hetero) is 1. The molecule has 1 aliphatic rings. The van der Waals surface area contributed by atoms with E-state index in [0.717, 1.165) is 21.6 Å². The Morgan fingerprint density at radius 2 is 1.86 bits per heavy atom. The number of rotatable bonds is 4. The third-order valence-corrected chi connectivity index (χ3v) is 7.60. The zero-order chi connectivity index (χ0) is 25.0. The Bertz CT molecular complexity index is 1580. The lowest BCUT2D eigenvalue weighted by atomic mass is 9.99. The lowest BCUT2D eigenvalue weighted by molar-refractivity contribution is -0.125. The maximum atomic E-state index is 13.5. The Labute approximate surface area is 206 Å². The highest BCUT2D eigenvalue weighted by Gasteiger charge is 2.29. The van der Waals surface area contributed by atoms with Crippen molar-refractivity contribution < 1.29 is 14.3 Å². The number of carbonyl (C=O) groups is 2. The quantitative estimate of drug-likeness (QED) is 0.391. The fraction of sp³-hybridized carbons (Fsp3) is 0.259. The van der Waals surface area contributed by atoms with Crippen molar-refractivity contribution in [3.8, 4) is 16.9 Å². The summed E-state index contributed by atoms with van der Waals surface area (Å²) < 4.78 is 7.00. The molecule has 5 rings (SSSR count). The Morgan fingerprint density at radius 1 is 1.09 bits per heavy atom. The third kappa shape index (κ3) is 3.83. The first-order valence-corrected chi connectivity index (χ1v) is 12.1. The van der Waals surface area contributed by atoms with Gasteiger partial charge in [-0.15, -0.1) is 11.3 Å². The number of thiophene rings is 1. The number of hydrogen-bond donors (Lipinski definition) is 0. The molecule has 0 N–H and O–H groups in total. The monoisotopic (exact) mass is 487 g/mol. The van der Waals surface area contributed by atoms with Crippen LogP contribution >= 0.6 is 11.3 Å². The van der Waals surface area contributed by atoms with Crippen molar-refractivity contribution >= 4 is 38.9 Å². The average Bonchev–Trinajstić information content (AvgIpc) is 3.17. The maximum Gasteiger partial charge on any atom is 0.267 e. The van der Waals surface area contributed by atoms with Crippen molar-refractivity contribution in [2.45, 2.75) is 40.3 Å². The van der Waals surface area contributed by atoms with Gasteiger partial charge >= 0.3 is 0 Å². The molecule has 1 unspecified atom stereocenters. The topological polar surface area (TPSA) is 81.5 Å². The van der Waals surface area contributed by atoms with Crippen molar-refractivity contribution in [3.05, 3.63) is 74.6 Å². The van der Waals surface area contributed by atoms with Crippen molar-refractivity contribution in [1.29, 1.82) is 0 Å². The highest BCUT2D eigenvalue weighted by atomic mass is 32.1. The summed E-state index contributed by atoms with van der Waals surface area (Å²) in [4.78, 5) is 46.6. The molecule has 2 aromatic carbocycles. The van der Waals surface area contributed by atoms with E-state index >= 15 is 0 Å². The molecule has 1 amide bonds. The van der Waals surface area contributed by atoms with Gasteiger partial charge in [0.1, 0.15) is 10.6 Å². The van der Waals surface area contributed by atoms with Crippen LogP contribution in [0.3, 0.4) is 0 Å². The van der Waals surface area contributed by atoms with Crippen LogP contribution in [0.5, 0.6) is 5.75 Å². The van der Waals surface area contributed by atoms with E-state index < -0.39 is 6.10 Å². The number of carbonyl (C=O) groups excluding carboxylic acids is 2. The van der Waals surface area contributed by atoms with Gasteiger partial charge in [-0.3, -0.25) is 19.0 Å². The molecular formula is C27H25N3O4S. The standard InChI is InChI=1S/C27H25N3O4S/c1-14-6-7-19(10-15(14)2)23-17(4)35-25-24(23)27(33)30(13-28-25)12-21(31)18-8-9-22-20(11-18)29(5)26(32)16(3)34-22/h6-11,13,16H,12H2,1-5H3. The Hall–Kier alpha value is -3.78. The number of likely N-dealkylation sites (N-methyl/N-ethyl adjacent to an activating group) is 1. The van der Waals surface area contributed by atoms with Gasteiger partial charge in [0.15, 0.2) is 11.9 Å². The van der Waals surface area contributed by atoms with E-state index in [4.69, 9.17) is 4.74 Å². The largest absolute Gasteiger partial charge is 0.479 e. The second kappa shape index (κ2) is 8.46. The molecule has 0 aliphatic carbocycles. The first-order chi connectivity index (χ1) is 16.7. The van der Waals surface area contributed by atoms with Gasteiger partial charge in [-0.1, -0.05) is 18.2 Å². The summed E-state index contributed by atoms with van der Waals surface area (Å²) in [5, 5.41) is 0.532. The molecule has 178 valence electrons. The summed E-state index contributed by atoms with van der Waals surface area (Å²) in [5.74, 6) is 0.109. The molecule has 1 aliphatic heterocycles. The molecule has 0 saturated heterocycles. The molecule has 8 heteroatoms. The van der Waals surface area contributed by atoms with Crippen LogP contribution in [0.25, 0.3) is 21.3 Å². The van der Waals surface area contributed by atoms with Crippen LogP contribution < -0.4 is 15.2 Å². The number of anilines is 1. The van der Waals surface area contributed by atoms with Crippen molar-refractivity contribution in [1.82, 2.24) is 9.55 Å². The predicted molar refractivity (Wildman–Crippen MR) is 138 cm³/mol. The second-order valence-corrected chi connectivity index (χ2v) is 10.2. The van der Waals surface area contributed by atoms with Crippen molar-refractivity contribution in [2.24, 2.45) is 0 Å². The lowest BCUT2D eigenvalue weighted by Crippen LogP contribution is -2.42. The van der Waals surface area contributed by atoms with Gasteiger partial charge in [-0.2, -0.15) is 0 Å². The van der Waals surface area contributed by atoms with Crippen LogP contribution in [-0.2, 0) is 11.3 Å². The summed E-state index contributed by atoms with van der Waals surface area (Å²) in [6.07, 6.45) is 0.854. The molecule has 2 aromatic heterocycles. The normalized spacial score (nSPS) is 15.3. The SMILES string of the molecule is Cc1ccc(-c2c(C)sc3ncn(CC(=O)c4ccc5c(c4)N(C)C(=O)C(C)O5)c(=O)c23)cc1C. The average molecular weight is 488 g/mol. The molecule has 0 spiro atoms. The van der Waals surface area contributed by atoms with Crippen LogP contribution in [0, 0.1) is 20.8 Å². The number of ether oxygens (including phenoxy) is 1. The number of benzene rings is 2. The van der Waals surface area contributed by atoms with Crippen LogP contribution in [-0.4, -0.2) is 34.4 Å². The second-order valence-electron chi connectivity index (χ2n) is 8.95. The lowest BCUT2D eigenvalue weighted by Gasteiger charge is -2.30. The first-order valence-electron chi connectivity index (χ1n) is 11.3. The fourth-order valence-corrected chi connectivity index (χ4v) is 5.43. The van der Waals surface area contributed by atoms with Gasteiger partial charge in [0, 0.05) is 23.1 Å². The maximum absolute atomic E-state index is 13.5. The van der Waals surface area contributed by atoms with Gasteiger partial charge in [0.2, 0.25) is 0 Å². The fourth-order valence-electron chi connectivity index (χ4n) is 4.43. The van der Waals surface area contributed by atoms with Crippen molar-refractivity contribution in [3.63, 3.8) is 0 Å². The Balaban J connectivity index is 1.53. The number of ketones is 1. The van der Waals surface area contributed by atoms with E-state index in [0.29, 0.717) is 27.2 Å². The molecule has 1 atom stereocenters. The molecule has 3 heterocycles. The molecule has 0 radical (unpaired) electrons. The summed E-state index contributed by atoms with van der Waals surface area (Å²) in [5.41, 5.74) is 4.85. The van der Waals surface area contributed by atoms with E-state index in [2.05, 4.69) is 18.0 Å². The summed E-state index contributed by atoms with van der Waals surface area (Å²) in [6, 6.07) is 11.1. The molecule has 0 bridgehead atoms. The minimum absolute atomic E-state index is 0.156. The van der Waals surface area contributed by atoms with Crippen LogP contribution in [0.1, 0.15) is 33.3 Å². The Kier molecular flexibility index (Phi) is 5.56. The molecule has 0 saturated carbocycles. The van der Waals surface area contributed by atoms with Gasteiger partial charge < -0.3 is 9.64 Å². The van der Waals surface area contributed by atoms with E-state index in [1.807, 2.05) is 26.0 Å². The number of amides is 1. The summed E-state index contributed by atoms with van der Waals surface area (Å²) in [7, 11) is 1.66. The van der Waals surface area contributed by atoms with Gasteiger partial charge in [0.25, 0.3) is 11.5 Å². The predicted octanol–water partition coefficient (Wildman–Crippen LogP) is 4.68. The minimum Gasteiger partial charge on any atom is -0.479 e. The minimum atomic E-state index is -0.578. The van der Waals surface area contributed by atoms with Crippen LogP contribution in [0.4, 0.5) is 5.69 Å². The third-order valence-electron chi connectivity index (χ3n) is 6.59.